The zero-order chi connectivity index (χ0) is 3.70. The molecule has 1 N–H and O–H groups in total. The molecule has 0 saturated carbocycles. The fourth-order valence-electron chi connectivity index (χ4n) is 0.177. The summed E-state index contributed by atoms with van der Waals surface area (Å²) in [5.74, 6) is 2.53. The van der Waals surface area contributed by atoms with Crippen molar-refractivity contribution in [2.45, 2.75) is 6.04 Å². The van der Waals surface area contributed by atoms with E-state index in [1.54, 1.807) is 0 Å². The Morgan fingerprint density at radius 1 is 2.00 bits per heavy atom. The van der Waals surface area contributed by atoms with Gasteiger partial charge in [-0.15, -0.1) is 6.42 Å². The van der Waals surface area contributed by atoms with E-state index in [2.05, 4.69) is 11.2 Å². The lowest BCUT2D eigenvalue weighted by atomic mass is 10.5. The van der Waals surface area contributed by atoms with Crippen LogP contribution in [0.3, 0.4) is 0 Å². The first-order valence-corrected chi connectivity index (χ1v) is 1.63. The van der Waals surface area contributed by atoms with E-state index in [9.17, 15) is 0 Å². The van der Waals surface area contributed by atoms with Crippen LogP contribution in [0.4, 0.5) is 0 Å². The highest BCUT2D eigenvalue weighted by atomic mass is 15.1. The molecule has 0 radical (unpaired) electrons. The van der Waals surface area contributed by atoms with E-state index in [1.165, 1.54) is 0 Å². The standard InChI is InChI=1S/C4H5N/c1-2-4-3-5-4/h1,4-5H,3H2. The molecule has 1 aliphatic rings. The largest absolute Gasteiger partial charge is 0.300 e. The van der Waals surface area contributed by atoms with E-state index in [0.717, 1.165) is 6.54 Å². The van der Waals surface area contributed by atoms with Gasteiger partial charge in [0.25, 0.3) is 0 Å². The molecule has 1 heteroatoms. The van der Waals surface area contributed by atoms with Crippen LogP contribution in [-0.2, 0) is 0 Å². The van der Waals surface area contributed by atoms with Gasteiger partial charge in [-0.1, -0.05) is 5.92 Å². The zero-order valence-corrected chi connectivity index (χ0v) is 2.86. The minimum atomic E-state index is 0.412. The minimum absolute atomic E-state index is 0.412. The van der Waals surface area contributed by atoms with Crippen LogP contribution in [0.1, 0.15) is 0 Å². The Kier molecular flexibility index (Phi) is 0.402. The van der Waals surface area contributed by atoms with Gasteiger partial charge >= 0.3 is 0 Å². The number of hydrogen-bond acceptors (Lipinski definition) is 1. The molecule has 0 bridgehead atoms. The van der Waals surface area contributed by atoms with Crippen molar-refractivity contribution in [3.8, 4) is 12.3 Å². The van der Waals surface area contributed by atoms with Crippen LogP contribution in [0.25, 0.3) is 0 Å². The van der Waals surface area contributed by atoms with Crippen LogP contribution in [0.15, 0.2) is 0 Å². The quantitative estimate of drug-likeness (QED) is 0.302. The third kappa shape index (κ3) is 0.398. The van der Waals surface area contributed by atoms with Crippen LogP contribution < -0.4 is 5.32 Å². The van der Waals surface area contributed by atoms with E-state index in [0.29, 0.717) is 6.04 Å². The first kappa shape index (κ1) is 2.74. The highest BCUT2D eigenvalue weighted by Gasteiger charge is 2.14. The molecule has 1 saturated heterocycles. The van der Waals surface area contributed by atoms with Crippen LogP contribution in [-0.4, -0.2) is 12.6 Å². The van der Waals surface area contributed by atoms with Crippen molar-refractivity contribution in [2.75, 3.05) is 6.54 Å². The van der Waals surface area contributed by atoms with Gasteiger partial charge in [0.2, 0.25) is 0 Å². The number of nitrogens with one attached hydrogen (secondary N) is 1. The van der Waals surface area contributed by atoms with Gasteiger partial charge in [-0.2, -0.15) is 0 Å². The molecule has 0 spiro atoms. The molecule has 1 fully saturated rings. The molecule has 1 atom stereocenters. The second kappa shape index (κ2) is 0.734. The third-order valence-electron chi connectivity index (χ3n) is 0.609. The molecule has 1 unspecified atom stereocenters. The van der Waals surface area contributed by atoms with Gasteiger partial charge in [0.1, 0.15) is 0 Å². The smallest absolute Gasteiger partial charge is 0.0814 e. The number of hydrogen-bond donors (Lipinski definition) is 1. The summed E-state index contributed by atoms with van der Waals surface area (Å²) in [6.07, 6.45) is 4.92. The van der Waals surface area contributed by atoms with Crippen molar-refractivity contribution < 1.29 is 0 Å². The summed E-state index contributed by atoms with van der Waals surface area (Å²) in [4.78, 5) is 0. The van der Waals surface area contributed by atoms with Crippen molar-refractivity contribution in [3.05, 3.63) is 0 Å². The lowest BCUT2D eigenvalue weighted by molar-refractivity contribution is 1.24. The maximum absolute atomic E-state index is 4.92. The highest BCUT2D eigenvalue weighted by Crippen LogP contribution is 1.89. The maximum Gasteiger partial charge on any atom is 0.0814 e. The second-order valence-corrected chi connectivity index (χ2v) is 1.13. The summed E-state index contributed by atoms with van der Waals surface area (Å²) >= 11 is 0. The summed E-state index contributed by atoms with van der Waals surface area (Å²) < 4.78 is 0. The topological polar surface area (TPSA) is 21.9 Å². The summed E-state index contributed by atoms with van der Waals surface area (Å²) in [5.41, 5.74) is 0. The summed E-state index contributed by atoms with van der Waals surface area (Å²) in [7, 11) is 0. The Morgan fingerprint density at radius 2 is 2.60 bits per heavy atom. The lowest BCUT2D eigenvalue weighted by Gasteiger charge is -1.56. The van der Waals surface area contributed by atoms with Crippen molar-refractivity contribution >= 4 is 0 Å². The fourth-order valence-corrected chi connectivity index (χ4v) is 0.177. The first-order valence-electron chi connectivity index (χ1n) is 1.63. The predicted octanol–water partition coefficient (Wildman–Crippen LogP) is -0.409. The van der Waals surface area contributed by atoms with Crippen molar-refractivity contribution in [3.63, 3.8) is 0 Å². The molecule has 1 rings (SSSR count). The monoisotopic (exact) mass is 67.0 g/mol. The van der Waals surface area contributed by atoms with Gasteiger partial charge < -0.3 is 5.32 Å². The molecule has 0 amide bonds. The Hall–Kier alpha value is -0.480. The van der Waals surface area contributed by atoms with E-state index in [1.807, 2.05) is 0 Å². The molecule has 1 nitrogen and oxygen atoms in total. The Morgan fingerprint density at radius 3 is 2.60 bits per heavy atom. The Balaban J connectivity index is 2.30. The molecule has 1 heterocycles. The molecule has 0 aromatic heterocycles. The molecule has 0 aromatic carbocycles. The van der Waals surface area contributed by atoms with Gasteiger partial charge in [-0.25, -0.2) is 0 Å². The van der Waals surface area contributed by atoms with E-state index < -0.39 is 0 Å². The highest BCUT2D eigenvalue weighted by molar-refractivity contribution is 5.08. The molecular weight excluding hydrogens is 62.1 g/mol. The van der Waals surface area contributed by atoms with Crippen molar-refractivity contribution in [2.24, 2.45) is 0 Å². The summed E-state index contributed by atoms with van der Waals surface area (Å²) in [6.45, 7) is 1.02. The Bertz CT molecular complexity index is 66.2. The molecule has 0 aliphatic carbocycles. The normalized spacial score (nSPS) is 32.2. The van der Waals surface area contributed by atoms with E-state index in [4.69, 9.17) is 6.42 Å². The molecule has 5 heavy (non-hydrogen) atoms. The molecule has 1 aliphatic heterocycles. The van der Waals surface area contributed by atoms with Crippen LogP contribution >= 0.6 is 0 Å². The van der Waals surface area contributed by atoms with Crippen molar-refractivity contribution in [1.29, 1.82) is 0 Å². The lowest BCUT2D eigenvalue weighted by Crippen LogP contribution is -1.78. The van der Waals surface area contributed by atoms with E-state index in [-0.39, 0.29) is 0 Å². The SMILES string of the molecule is C#CC1CN1. The van der Waals surface area contributed by atoms with E-state index >= 15 is 0 Å². The first-order chi connectivity index (χ1) is 2.43. The average Bonchev–Trinajstić information content (AvgIpc) is 2.12. The molecule has 0 aromatic rings. The average molecular weight is 67.1 g/mol. The van der Waals surface area contributed by atoms with Gasteiger partial charge in [0.05, 0.1) is 6.04 Å². The van der Waals surface area contributed by atoms with Gasteiger partial charge in [-0.3, -0.25) is 0 Å². The maximum atomic E-state index is 4.92. The van der Waals surface area contributed by atoms with Gasteiger partial charge in [0.15, 0.2) is 0 Å². The van der Waals surface area contributed by atoms with Crippen molar-refractivity contribution in [1.82, 2.24) is 5.32 Å². The second-order valence-electron chi connectivity index (χ2n) is 1.13. The third-order valence-corrected chi connectivity index (χ3v) is 0.609. The van der Waals surface area contributed by atoms with Gasteiger partial charge in [0, 0.05) is 6.54 Å². The van der Waals surface area contributed by atoms with Crippen LogP contribution in [0, 0.1) is 12.3 Å². The van der Waals surface area contributed by atoms with Crippen LogP contribution in [0.5, 0.6) is 0 Å². The zero-order valence-electron chi connectivity index (χ0n) is 2.86. The number of terminal acetylenes is 1. The fraction of sp³-hybridized carbons (Fsp3) is 0.500. The minimum Gasteiger partial charge on any atom is -0.300 e. The number of rotatable bonds is 0. The summed E-state index contributed by atoms with van der Waals surface area (Å²) in [6, 6.07) is 0.412. The molecule has 26 valence electrons. The summed E-state index contributed by atoms with van der Waals surface area (Å²) in [5, 5.41) is 2.95. The Labute approximate surface area is 31.4 Å². The van der Waals surface area contributed by atoms with Crippen LogP contribution in [0.2, 0.25) is 0 Å². The van der Waals surface area contributed by atoms with Gasteiger partial charge in [-0.05, 0) is 0 Å². The molecular formula is C4H5N. The predicted molar refractivity (Wildman–Crippen MR) is 20.6 cm³/mol.